The second-order valence-corrected chi connectivity index (χ2v) is 5.57. The largest absolute Gasteiger partial charge is 0.479 e. The summed E-state index contributed by atoms with van der Waals surface area (Å²) in [5.41, 5.74) is -0.782. The van der Waals surface area contributed by atoms with Crippen LogP contribution in [0.5, 0.6) is 0 Å². The average Bonchev–Trinajstić information content (AvgIpc) is 2.36. The van der Waals surface area contributed by atoms with E-state index in [-0.39, 0.29) is 12.3 Å². The van der Waals surface area contributed by atoms with E-state index in [1.54, 1.807) is 0 Å². The Morgan fingerprint density at radius 2 is 1.84 bits per heavy atom. The molecule has 0 aliphatic rings. The lowest BCUT2D eigenvalue weighted by Gasteiger charge is -2.34. The van der Waals surface area contributed by atoms with Crippen molar-refractivity contribution in [2.45, 2.75) is 51.6 Å². The Morgan fingerprint density at radius 3 is 2.26 bits per heavy atom. The molecule has 2 N–H and O–H groups in total. The van der Waals surface area contributed by atoms with E-state index >= 15 is 0 Å². The number of aliphatic carboxylic acids is 1. The molecule has 0 amide bonds. The highest BCUT2D eigenvalue weighted by atomic mass is 16.4. The van der Waals surface area contributed by atoms with Gasteiger partial charge in [-0.1, -0.05) is 57.5 Å². The van der Waals surface area contributed by atoms with Gasteiger partial charge in [0.1, 0.15) is 0 Å². The predicted octanol–water partition coefficient (Wildman–Crippen LogP) is 3.43. The Morgan fingerprint density at radius 1 is 1.26 bits per heavy atom. The number of rotatable bonds is 7. The van der Waals surface area contributed by atoms with E-state index in [2.05, 4.69) is 0 Å². The predicted molar refractivity (Wildman–Crippen MR) is 76.1 cm³/mol. The minimum atomic E-state index is -1.68. The maximum Gasteiger partial charge on any atom is 0.336 e. The number of hydrogen-bond donors (Lipinski definition) is 2. The van der Waals surface area contributed by atoms with Crippen molar-refractivity contribution in [3.8, 4) is 0 Å². The molecule has 3 heteroatoms. The minimum Gasteiger partial charge on any atom is -0.479 e. The van der Waals surface area contributed by atoms with Crippen LogP contribution in [0.4, 0.5) is 0 Å². The summed E-state index contributed by atoms with van der Waals surface area (Å²) in [6.45, 7) is 5.99. The average molecular weight is 264 g/mol. The topological polar surface area (TPSA) is 57.5 Å². The number of carboxylic acid groups (broad SMARTS) is 1. The van der Waals surface area contributed by atoms with Crippen LogP contribution in [0.3, 0.4) is 0 Å². The van der Waals surface area contributed by atoms with E-state index in [1.807, 2.05) is 51.1 Å². The number of aliphatic hydroxyl groups is 1. The van der Waals surface area contributed by atoms with Gasteiger partial charge in [-0.25, -0.2) is 4.79 Å². The van der Waals surface area contributed by atoms with Crippen molar-refractivity contribution >= 4 is 5.97 Å². The molecule has 0 spiro atoms. The highest BCUT2D eigenvalue weighted by Gasteiger charge is 2.44. The van der Waals surface area contributed by atoms with Crippen molar-refractivity contribution in [3.63, 3.8) is 0 Å². The van der Waals surface area contributed by atoms with E-state index in [9.17, 15) is 15.0 Å². The van der Waals surface area contributed by atoms with E-state index in [1.165, 1.54) is 0 Å². The second kappa shape index (κ2) is 6.71. The molecule has 0 bridgehead atoms. The van der Waals surface area contributed by atoms with Crippen molar-refractivity contribution in [1.29, 1.82) is 0 Å². The van der Waals surface area contributed by atoms with Gasteiger partial charge < -0.3 is 10.2 Å². The fourth-order valence-electron chi connectivity index (χ4n) is 2.57. The Hall–Kier alpha value is -1.35. The Kier molecular flexibility index (Phi) is 5.55. The van der Waals surface area contributed by atoms with Gasteiger partial charge in [0.05, 0.1) is 0 Å². The zero-order valence-electron chi connectivity index (χ0n) is 12.0. The number of benzene rings is 1. The molecule has 0 aliphatic heterocycles. The van der Waals surface area contributed by atoms with Crippen LogP contribution in [0.2, 0.25) is 0 Å². The highest BCUT2D eigenvalue weighted by Crippen LogP contribution is 2.37. The van der Waals surface area contributed by atoms with Gasteiger partial charge >= 0.3 is 5.97 Å². The number of hydrogen-bond acceptors (Lipinski definition) is 2. The first-order chi connectivity index (χ1) is 8.91. The standard InChI is InChI=1S/C16H24O3/c1-4-10-16(19,15(17)18)14(11-12(2)3)13-8-6-5-7-9-13/h5-9,12,14,19H,4,10-11H2,1-3H3,(H,17,18). The van der Waals surface area contributed by atoms with Crippen molar-refractivity contribution in [3.05, 3.63) is 35.9 Å². The summed E-state index contributed by atoms with van der Waals surface area (Å²) in [5, 5.41) is 20.1. The third kappa shape index (κ3) is 3.80. The summed E-state index contributed by atoms with van der Waals surface area (Å²) in [7, 11) is 0. The fourth-order valence-corrected chi connectivity index (χ4v) is 2.57. The van der Waals surface area contributed by atoms with Crippen LogP contribution < -0.4 is 0 Å². The lowest BCUT2D eigenvalue weighted by molar-refractivity contribution is -0.162. The first kappa shape index (κ1) is 15.7. The van der Waals surface area contributed by atoms with Crippen molar-refractivity contribution in [1.82, 2.24) is 0 Å². The van der Waals surface area contributed by atoms with Crippen LogP contribution in [0.15, 0.2) is 30.3 Å². The van der Waals surface area contributed by atoms with Gasteiger partial charge in [0.25, 0.3) is 0 Å². The van der Waals surface area contributed by atoms with E-state index in [4.69, 9.17) is 0 Å². The quantitative estimate of drug-likeness (QED) is 0.793. The van der Waals surface area contributed by atoms with Gasteiger partial charge in [-0.15, -0.1) is 0 Å². The molecule has 0 heterocycles. The van der Waals surface area contributed by atoms with Crippen LogP contribution in [-0.4, -0.2) is 21.8 Å². The van der Waals surface area contributed by atoms with Gasteiger partial charge in [0.2, 0.25) is 0 Å². The number of carboxylic acids is 1. The molecule has 1 aromatic rings. The summed E-state index contributed by atoms with van der Waals surface area (Å²) in [6.07, 6.45) is 1.58. The molecule has 1 rings (SSSR count). The summed E-state index contributed by atoms with van der Waals surface area (Å²) >= 11 is 0. The summed E-state index contributed by atoms with van der Waals surface area (Å²) in [6, 6.07) is 9.47. The van der Waals surface area contributed by atoms with Gasteiger partial charge in [0, 0.05) is 5.92 Å². The maximum atomic E-state index is 11.6. The van der Waals surface area contributed by atoms with Crippen molar-refractivity contribution in [2.75, 3.05) is 0 Å². The monoisotopic (exact) mass is 264 g/mol. The third-order valence-electron chi connectivity index (χ3n) is 3.49. The smallest absolute Gasteiger partial charge is 0.336 e. The first-order valence-electron chi connectivity index (χ1n) is 6.92. The summed E-state index contributed by atoms with van der Waals surface area (Å²) < 4.78 is 0. The van der Waals surface area contributed by atoms with Crippen molar-refractivity contribution < 1.29 is 15.0 Å². The molecule has 0 fully saturated rings. The van der Waals surface area contributed by atoms with Gasteiger partial charge in [-0.3, -0.25) is 0 Å². The SMILES string of the molecule is CCCC(O)(C(=O)O)C(CC(C)C)c1ccccc1. The van der Waals surface area contributed by atoms with Gasteiger partial charge in [0.15, 0.2) is 5.60 Å². The van der Waals surface area contributed by atoms with Crippen LogP contribution in [0.25, 0.3) is 0 Å². The molecular formula is C16H24O3. The molecule has 0 aliphatic carbocycles. The molecule has 0 saturated carbocycles. The van der Waals surface area contributed by atoms with Crippen LogP contribution in [0, 0.1) is 5.92 Å². The van der Waals surface area contributed by atoms with E-state index < -0.39 is 11.6 Å². The molecule has 1 aromatic carbocycles. The fraction of sp³-hybridized carbons (Fsp3) is 0.562. The maximum absolute atomic E-state index is 11.6. The third-order valence-corrected chi connectivity index (χ3v) is 3.49. The zero-order chi connectivity index (χ0) is 14.5. The molecule has 2 atom stereocenters. The molecule has 19 heavy (non-hydrogen) atoms. The Balaban J connectivity index is 3.18. The van der Waals surface area contributed by atoms with Crippen LogP contribution in [-0.2, 0) is 4.79 Å². The molecule has 0 radical (unpaired) electrons. The first-order valence-corrected chi connectivity index (χ1v) is 6.92. The normalized spacial score (nSPS) is 16.1. The zero-order valence-corrected chi connectivity index (χ0v) is 12.0. The lowest BCUT2D eigenvalue weighted by atomic mass is 9.75. The molecule has 2 unspecified atom stereocenters. The molecule has 0 saturated heterocycles. The van der Waals surface area contributed by atoms with Crippen LogP contribution in [0.1, 0.15) is 51.5 Å². The highest BCUT2D eigenvalue weighted by molar-refractivity contribution is 5.78. The van der Waals surface area contributed by atoms with Gasteiger partial charge in [-0.05, 0) is 24.3 Å². The molecular weight excluding hydrogens is 240 g/mol. The lowest BCUT2D eigenvalue weighted by Crippen LogP contribution is -2.45. The summed E-state index contributed by atoms with van der Waals surface area (Å²) in [4.78, 5) is 11.6. The Bertz CT molecular complexity index is 400. The van der Waals surface area contributed by atoms with Gasteiger partial charge in [-0.2, -0.15) is 0 Å². The molecule has 0 aromatic heterocycles. The van der Waals surface area contributed by atoms with E-state index in [0.717, 1.165) is 5.56 Å². The summed E-state index contributed by atoms with van der Waals surface area (Å²) in [5.74, 6) is -1.16. The molecule has 106 valence electrons. The van der Waals surface area contributed by atoms with E-state index in [0.29, 0.717) is 18.8 Å². The Labute approximate surface area is 115 Å². The second-order valence-electron chi connectivity index (χ2n) is 5.57. The van der Waals surface area contributed by atoms with Crippen molar-refractivity contribution in [2.24, 2.45) is 5.92 Å². The minimum absolute atomic E-state index is 0.272. The molecule has 3 nitrogen and oxygen atoms in total. The van der Waals surface area contributed by atoms with Crippen LogP contribution >= 0.6 is 0 Å². The number of carbonyl (C=O) groups is 1.